The Balaban J connectivity index is 1.68. The highest BCUT2D eigenvalue weighted by molar-refractivity contribution is 8.00. The molecule has 1 heterocycles. The van der Waals surface area contributed by atoms with Crippen LogP contribution in [0.4, 0.5) is 0 Å². The topological polar surface area (TPSA) is 50.2 Å². The third-order valence-electron chi connectivity index (χ3n) is 3.21. The zero-order valence-electron chi connectivity index (χ0n) is 10.2. The van der Waals surface area contributed by atoms with Gasteiger partial charge in [0, 0.05) is 11.4 Å². The number of benzene rings is 1. The van der Waals surface area contributed by atoms with Crippen LogP contribution in [0.2, 0.25) is 0 Å². The summed E-state index contributed by atoms with van der Waals surface area (Å²) in [5.74, 6) is -0.332. The van der Waals surface area contributed by atoms with Gasteiger partial charge in [-0.05, 0) is 30.0 Å². The van der Waals surface area contributed by atoms with Crippen LogP contribution in [0.5, 0.6) is 0 Å². The lowest BCUT2D eigenvalue weighted by atomic mass is 10.1. The number of aromatic carboxylic acids is 1. The van der Waals surface area contributed by atoms with Crippen molar-refractivity contribution in [3.05, 3.63) is 59.8 Å². The van der Waals surface area contributed by atoms with Crippen LogP contribution < -0.4 is 0 Å². The molecule has 0 spiro atoms. The summed E-state index contributed by atoms with van der Waals surface area (Å²) < 4.78 is 0. The number of thioether (sulfide) groups is 1. The van der Waals surface area contributed by atoms with E-state index in [9.17, 15) is 4.79 Å². The normalized spacial score (nSPS) is 21.1. The van der Waals surface area contributed by atoms with Crippen LogP contribution in [0.15, 0.2) is 53.7 Å². The van der Waals surface area contributed by atoms with E-state index < -0.39 is 5.97 Å². The molecule has 1 fully saturated rings. The molecule has 2 unspecified atom stereocenters. The minimum absolute atomic E-state index is 0.300. The van der Waals surface area contributed by atoms with Crippen LogP contribution in [0, 0.1) is 0 Å². The van der Waals surface area contributed by atoms with Crippen LogP contribution in [0.1, 0.15) is 28.3 Å². The van der Waals surface area contributed by atoms with Gasteiger partial charge in [-0.1, -0.05) is 30.3 Å². The molecular weight excluding hydrogens is 258 g/mol. The predicted octanol–water partition coefficient (Wildman–Crippen LogP) is 3.43. The van der Waals surface area contributed by atoms with Crippen LogP contribution >= 0.6 is 11.8 Å². The number of pyridine rings is 1. The van der Waals surface area contributed by atoms with Gasteiger partial charge in [0.25, 0.3) is 0 Å². The Morgan fingerprint density at radius 3 is 2.79 bits per heavy atom. The highest BCUT2D eigenvalue weighted by Gasteiger charge is 2.39. The van der Waals surface area contributed by atoms with Crippen molar-refractivity contribution < 1.29 is 9.90 Å². The zero-order valence-corrected chi connectivity index (χ0v) is 11.0. The van der Waals surface area contributed by atoms with Gasteiger partial charge in [0.05, 0.1) is 10.6 Å². The quantitative estimate of drug-likeness (QED) is 0.925. The monoisotopic (exact) mass is 271 g/mol. The zero-order chi connectivity index (χ0) is 13.2. The maximum absolute atomic E-state index is 10.9. The molecular formula is C15H13NO2S. The molecule has 1 saturated carbocycles. The first-order valence-corrected chi connectivity index (χ1v) is 7.03. The number of carbonyl (C=O) groups is 1. The van der Waals surface area contributed by atoms with Crippen molar-refractivity contribution in [2.24, 2.45) is 0 Å². The molecule has 2 aromatic rings. The predicted molar refractivity (Wildman–Crippen MR) is 74.6 cm³/mol. The first-order chi connectivity index (χ1) is 9.24. The third-order valence-corrected chi connectivity index (χ3v) is 4.50. The van der Waals surface area contributed by atoms with Gasteiger partial charge in [-0.3, -0.25) is 0 Å². The van der Waals surface area contributed by atoms with Crippen molar-refractivity contribution >= 4 is 17.7 Å². The summed E-state index contributed by atoms with van der Waals surface area (Å²) in [6.07, 6.45) is 2.69. The lowest BCUT2D eigenvalue weighted by Gasteiger charge is -2.02. The molecule has 1 aromatic heterocycles. The van der Waals surface area contributed by atoms with Crippen LogP contribution in [0.25, 0.3) is 0 Å². The Morgan fingerprint density at radius 1 is 1.26 bits per heavy atom. The third kappa shape index (κ3) is 2.79. The van der Waals surface area contributed by atoms with Crippen LogP contribution in [0.3, 0.4) is 0 Å². The maximum atomic E-state index is 10.9. The summed E-state index contributed by atoms with van der Waals surface area (Å²) >= 11 is 1.67. The van der Waals surface area contributed by atoms with Gasteiger partial charge >= 0.3 is 5.97 Å². The smallest absolute Gasteiger partial charge is 0.335 e. The fraction of sp³-hybridized carbons (Fsp3) is 0.200. The number of carboxylic acid groups (broad SMARTS) is 1. The fourth-order valence-corrected chi connectivity index (χ4v) is 3.37. The van der Waals surface area contributed by atoms with E-state index in [1.54, 1.807) is 24.0 Å². The molecule has 1 aromatic carbocycles. The molecule has 0 amide bonds. The lowest BCUT2D eigenvalue weighted by molar-refractivity contribution is 0.0696. The molecule has 19 heavy (non-hydrogen) atoms. The van der Waals surface area contributed by atoms with Gasteiger partial charge in [-0.2, -0.15) is 0 Å². The average Bonchev–Trinajstić information content (AvgIpc) is 3.19. The Kier molecular flexibility index (Phi) is 3.25. The lowest BCUT2D eigenvalue weighted by Crippen LogP contribution is -1.97. The highest BCUT2D eigenvalue weighted by atomic mass is 32.2. The molecule has 0 saturated heterocycles. The summed E-state index contributed by atoms with van der Waals surface area (Å²) in [4.78, 5) is 15.1. The molecule has 1 aliphatic rings. The highest BCUT2D eigenvalue weighted by Crippen LogP contribution is 2.51. The Morgan fingerprint density at radius 2 is 2.05 bits per heavy atom. The molecule has 3 nitrogen and oxygen atoms in total. The van der Waals surface area contributed by atoms with Crippen molar-refractivity contribution in [3.63, 3.8) is 0 Å². The van der Waals surface area contributed by atoms with E-state index in [4.69, 9.17) is 5.11 Å². The molecule has 3 rings (SSSR count). The number of rotatable bonds is 4. The summed E-state index contributed by atoms with van der Waals surface area (Å²) in [6.45, 7) is 0. The first-order valence-electron chi connectivity index (χ1n) is 6.15. The second-order valence-corrected chi connectivity index (χ2v) is 5.86. The van der Waals surface area contributed by atoms with Gasteiger partial charge in [-0.25, -0.2) is 9.78 Å². The van der Waals surface area contributed by atoms with Crippen molar-refractivity contribution in [2.45, 2.75) is 22.6 Å². The molecule has 1 aliphatic carbocycles. The average molecular weight is 271 g/mol. The SMILES string of the molecule is O=C(O)c1ccnc(SC2CC2c2ccccc2)c1. The fourth-order valence-electron chi connectivity index (χ4n) is 2.11. The number of hydrogen-bond donors (Lipinski definition) is 1. The molecule has 4 heteroatoms. The van der Waals surface area contributed by atoms with Gasteiger partial charge in [0.1, 0.15) is 0 Å². The first kappa shape index (κ1) is 12.2. The summed E-state index contributed by atoms with van der Waals surface area (Å²) in [6, 6.07) is 13.6. The summed E-state index contributed by atoms with van der Waals surface area (Å²) in [7, 11) is 0. The number of hydrogen-bond acceptors (Lipinski definition) is 3. The van der Waals surface area contributed by atoms with E-state index in [-0.39, 0.29) is 0 Å². The van der Waals surface area contributed by atoms with E-state index in [0.29, 0.717) is 16.7 Å². The Labute approximate surface area is 115 Å². The maximum Gasteiger partial charge on any atom is 0.335 e. The molecule has 0 radical (unpaired) electrons. The van der Waals surface area contributed by atoms with E-state index >= 15 is 0 Å². The minimum atomic E-state index is -0.903. The van der Waals surface area contributed by atoms with E-state index in [1.807, 2.05) is 6.07 Å². The van der Waals surface area contributed by atoms with Crippen molar-refractivity contribution in [2.75, 3.05) is 0 Å². The van der Waals surface area contributed by atoms with Gasteiger partial charge in [-0.15, -0.1) is 11.8 Å². The standard InChI is InChI=1S/C15H13NO2S/c17-15(18)11-6-7-16-14(8-11)19-13-9-12(13)10-4-2-1-3-5-10/h1-8,12-13H,9H2,(H,17,18). The van der Waals surface area contributed by atoms with Gasteiger partial charge in [0.2, 0.25) is 0 Å². The second kappa shape index (κ2) is 5.05. The van der Waals surface area contributed by atoms with Crippen molar-refractivity contribution in [1.82, 2.24) is 4.98 Å². The van der Waals surface area contributed by atoms with Gasteiger partial charge in [0.15, 0.2) is 0 Å². The summed E-state index contributed by atoms with van der Waals surface area (Å²) in [5.41, 5.74) is 1.66. The number of aromatic nitrogens is 1. The Bertz CT molecular complexity index is 600. The second-order valence-electron chi connectivity index (χ2n) is 4.60. The molecule has 96 valence electrons. The van der Waals surface area contributed by atoms with Crippen molar-refractivity contribution in [1.29, 1.82) is 0 Å². The van der Waals surface area contributed by atoms with Crippen molar-refractivity contribution in [3.8, 4) is 0 Å². The van der Waals surface area contributed by atoms with E-state index in [2.05, 4.69) is 29.2 Å². The van der Waals surface area contributed by atoms with Gasteiger partial charge < -0.3 is 5.11 Å². The minimum Gasteiger partial charge on any atom is -0.478 e. The molecule has 0 bridgehead atoms. The molecule has 0 aliphatic heterocycles. The summed E-state index contributed by atoms with van der Waals surface area (Å²) in [5, 5.41) is 10.3. The van der Waals surface area contributed by atoms with E-state index in [1.165, 1.54) is 11.6 Å². The molecule has 1 N–H and O–H groups in total. The van der Waals surface area contributed by atoms with E-state index in [0.717, 1.165) is 11.4 Å². The van der Waals surface area contributed by atoms with Crippen LogP contribution in [-0.4, -0.2) is 21.3 Å². The molecule has 2 atom stereocenters. The number of carboxylic acids is 1. The number of nitrogens with zero attached hydrogens (tertiary/aromatic N) is 1. The Hall–Kier alpha value is -1.81. The largest absolute Gasteiger partial charge is 0.478 e. The van der Waals surface area contributed by atoms with Crippen LogP contribution in [-0.2, 0) is 0 Å².